The van der Waals surface area contributed by atoms with Crippen LogP contribution in [0.15, 0.2) is 47.6 Å². The minimum Gasteiger partial charge on any atom is -0.264 e. The molecule has 1 heterocycles. The van der Waals surface area contributed by atoms with Gasteiger partial charge >= 0.3 is 0 Å². The van der Waals surface area contributed by atoms with E-state index in [1.54, 1.807) is 31.5 Å². The summed E-state index contributed by atoms with van der Waals surface area (Å²) in [6.07, 6.45) is 3.13. The summed E-state index contributed by atoms with van der Waals surface area (Å²) in [6, 6.07) is 6.33. The highest BCUT2D eigenvalue weighted by molar-refractivity contribution is 7.89. The monoisotopic (exact) mass is 314 g/mol. The van der Waals surface area contributed by atoms with E-state index in [4.69, 9.17) is 11.6 Å². The highest BCUT2D eigenvalue weighted by Crippen LogP contribution is 2.21. The van der Waals surface area contributed by atoms with Crippen LogP contribution in [0.25, 0.3) is 0 Å². The van der Waals surface area contributed by atoms with Gasteiger partial charge in [-0.1, -0.05) is 17.7 Å². The van der Waals surface area contributed by atoms with Gasteiger partial charge in [-0.3, -0.25) is 4.98 Å². The van der Waals surface area contributed by atoms with Crippen molar-refractivity contribution in [2.75, 3.05) is 0 Å². The molecular weight excluding hydrogens is 303 g/mol. The number of pyridine rings is 1. The normalized spacial score (nSPS) is 13.2. The lowest BCUT2D eigenvalue weighted by Crippen LogP contribution is -2.27. The molecule has 1 aromatic heterocycles. The van der Waals surface area contributed by atoms with Crippen molar-refractivity contribution in [3.63, 3.8) is 0 Å². The predicted octanol–water partition coefficient (Wildman–Crippen LogP) is 2.91. The third-order valence-electron chi connectivity index (χ3n) is 2.70. The number of hydrogen-bond acceptors (Lipinski definition) is 3. The Labute approximate surface area is 121 Å². The molecule has 1 atom stereocenters. The number of hydrogen-bond donors (Lipinski definition) is 1. The summed E-state index contributed by atoms with van der Waals surface area (Å²) >= 11 is 5.61. The van der Waals surface area contributed by atoms with Crippen molar-refractivity contribution in [3.8, 4) is 0 Å². The Bertz CT molecular complexity index is 708. The molecule has 0 saturated carbocycles. The SMILES string of the molecule is C[C@H](NS(=O)(=O)c1ccc(Cl)cc1F)c1cccnc1. The molecule has 0 radical (unpaired) electrons. The maximum atomic E-state index is 13.7. The molecule has 1 N–H and O–H groups in total. The van der Waals surface area contributed by atoms with Crippen LogP contribution >= 0.6 is 11.6 Å². The van der Waals surface area contributed by atoms with Crippen LogP contribution in [-0.4, -0.2) is 13.4 Å². The van der Waals surface area contributed by atoms with Crippen LogP contribution in [0.4, 0.5) is 4.39 Å². The highest BCUT2D eigenvalue weighted by atomic mass is 35.5. The Kier molecular flexibility index (Phi) is 4.37. The zero-order valence-corrected chi connectivity index (χ0v) is 12.1. The van der Waals surface area contributed by atoms with E-state index < -0.39 is 26.8 Å². The molecule has 2 rings (SSSR count). The van der Waals surface area contributed by atoms with Crippen molar-refractivity contribution in [2.45, 2.75) is 17.9 Å². The Hall–Kier alpha value is -1.50. The van der Waals surface area contributed by atoms with Gasteiger partial charge in [-0.15, -0.1) is 0 Å². The van der Waals surface area contributed by atoms with Crippen LogP contribution in [0.1, 0.15) is 18.5 Å². The maximum Gasteiger partial charge on any atom is 0.244 e. The van der Waals surface area contributed by atoms with Crippen molar-refractivity contribution in [1.29, 1.82) is 0 Å². The topological polar surface area (TPSA) is 59.1 Å². The first kappa shape index (κ1) is 14.9. The van der Waals surface area contributed by atoms with E-state index in [1.165, 1.54) is 6.07 Å². The highest BCUT2D eigenvalue weighted by Gasteiger charge is 2.22. The van der Waals surface area contributed by atoms with Crippen LogP contribution in [0, 0.1) is 5.82 Å². The first-order chi connectivity index (χ1) is 9.40. The average molecular weight is 315 g/mol. The van der Waals surface area contributed by atoms with Crippen molar-refractivity contribution >= 4 is 21.6 Å². The van der Waals surface area contributed by atoms with Gasteiger partial charge in [-0.25, -0.2) is 17.5 Å². The second-order valence-corrected chi connectivity index (χ2v) is 6.32. The molecule has 0 bridgehead atoms. The minimum atomic E-state index is -3.97. The molecule has 20 heavy (non-hydrogen) atoms. The molecule has 0 aliphatic rings. The van der Waals surface area contributed by atoms with Gasteiger partial charge in [0.25, 0.3) is 0 Å². The third-order valence-corrected chi connectivity index (χ3v) is 4.51. The van der Waals surface area contributed by atoms with Gasteiger partial charge in [0, 0.05) is 23.5 Å². The summed E-state index contributed by atoms with van der Waals surface area (Å²) in [5, 5.41) is 0.141. The van der Waals surface area contributed by atoms with Gasteiger partial charge in [0.15, 0.2) is 0 Å². The second kappa shape index (κ2) is 5.87. The molecule has 0 spiro atoms. The third kappa shape index (κ3) is 3.33. The van der Waals surface area contributed by atoms with Crippen molar-refractivity contribution in [1.82, 2.24) is 9.71 Å². The van der Waals surface area contributed by atoms with Crippen molar-refractivity contribution in [3.05, 3.63) is 59.1 Å². The maximum absolute atomic E-state index is 13.7. The molecule has 0 aliphatic carbocycles. The van der Waals surface area contributed by atoms with E-state index in [9.17, 15) is 12.8 Å². The smallest absolute Gasteiger partial charge is 0.244 e. The summed E-state index contributed by atoms with van der Waals surface area (Å²) in [5.74, 6) is -0.886. The van der Waals surface area contributed by atoms with Crippen LogP contribution in [0.2, 0.25) is 5.02 Å². The Morgan fingerprint density at radius 3 is 2.70 bits per heavy atom. The molecule has 0 aliphatic heterocycles. The number of benzene rings is 1. The number of nitrogens with one attached hydrogen (secondary N) is 1. The summed E-state index contributed by atoms with van der Waals surface area (Å²) in [5.41, 5.74) is 0.686. The fourth-order valence-corrected chi connectivity index (χ4v) is 3.14. The van der Waals surface area contributed by atoms with Crippen LogP contribution < -0.4 is 4.72 Å². The van der Waals surface area contributed by atoms with E-state index >= 15 is 0 Å². The fraction of sp³-hybridized carbons (Fsp3) is 0.154. The minimum absolute atomic E-state index is 0.141. The van der Waals surface area contributed by atoms with Crippen LogP contribution in [-0.2, 0) is 10.0 Å². The second-order valence-electron chi connectivity index (χ2n) is 4.20. The molecule has 1 aromatic carbocycles. The molecule has 4 nitrogen and oxygen atoms in total. The van der Waals surface area contributed by atoms with Gasteiger partial charge in [-0.2, -0.15) is 0 Å². The van der Waals surface area contributed by atoms with Crippen molar-refractivity contribution in [2.24, 2.45) is 0 Å². The summed E-state index contributed by atoms with van der Waals surface area (Å²) in [7, 11) is -3.97. The number of aromatic nitrogens is 1. The summed E-state index contributed by atoms with van der Waals surface area (Å²) in [4.78, 5) is 3.48. The number of rotatable bonds is 4. The van der Waals surface area contributed by atoms with Gasteiger partial charge < -0.3 is 0 Å². The summed E-state index contributed by atoms with van der Waals surface area (Å²) < 4.78 is 40.3. The zero-order valence-electron chi connectivity index (χ0n) is 10.5. The first-order valence-electron chi connectivity index (χ1n) is 5.77. The molecule has 2 aromatic rings. The zero-order chi connectivity index (χ0) is 14.8. The molecular formula is C13H12ClFN2O2S. The van der Waals surface area contributed by atoms with Gasteiger partial charge in [0.05, 0.1) is 0 Å². The van der Waals surface area contributed by atoms with Gasteiger partial charge in [-0.05, 0) is 36.8 Å². The quantitative estimate of drug-likeness (QED) is 0.944. The number of halogens is 2. The fourth-order valence-electron chi connectivity index (χ4n) is 1.69. The van der Waals surface area contributed by atoms with E-state index in [2.05, 4.69) is 9.71 Å². The lowest BCUT2D eigenvalue weighted by atomic mass is 10.2. The lowest BCUT2D eigenvalue weighted by molar-refractivity contribution is 0.547. The Morgan fingerprint density at radius 1 is 1.35 bits per heavy atom. The average Bonchev–Trinajstić information content (AvgIpc) is 2.38. The van der Waals surface area contributed by atoms with Crippen LogP contribution in [0.3, 0.4) is 0 Å². The number of sulfonamides is 1. The number of nitrogens with zero attached hydrogens (tertiary/aromatic N) is 1. The largest absolute Gasteiger partial charge is 0.264 e. The molecule has 0 amide bonds. The molecule has 106 valence electrons. The molecule has 7 heteroatoms. The van der Waals surface area contributed by atoms with Gasteiger partial charge in [0.2, 0.25) is 10.0 Å². The summed E-state index contributed by atoms with van der Waals surface area (Å²) in [6.45, 7) is 1.66. The first-order valence-corrected chi connectivity index (χ1v) is 7.63. The standard InChI is InChI=1S/C13H12ClFN2O2S/c1-9(10-3-2-6-16-8-10)17-20(18,19)13-5-4-11(14)7-12(13)15/h2-9,17H,1H3/t9-/m0/s1. The van der Waals surface area contributed by atoms with E-state index in [0.717, 1.165) is 12.1 Å². The molecule has 0 fully saturated rings. The van der Waals surface area contributed by atoms with Crippen molar-refractivity contribution < 1.29 is 12.8 Å². The van der Waals surface area contributed by atoms with E-state index in [-0.39, 0.29) is 5.02 Å². The van der Waals surface area contributed by atoms with Gasteiger partial charge in [0.1, 0.15) is 10.7 Å². The van der Waals surface area contributed by atoms with E-state index in [1.807, 2.05) is 0 Å². The predicted molar refractivity (Wildman–Crippen MR) is 74.4 cm³/mol. The Balaban J connectivity index is 2.28. The lowest BCUT2D eigenvalue weighted by Gasteiger charge is -2.14. The Morgan fingerprint density at radius 2 is 2.10 bits per heavy atom. The molecule has 0 saturated heterocycles. The molecule has 0 unspecified atom stereocenters. The van der Waals surface area contributed by atoms with E-state index in [0.29, 0.717) is 5.56 Å². The van der Waals surface area contributed by atoms with Crippen LogP contribution in [0.5, 0.6) is 0 Å².